The van der Waals surface area contributed by atoms with Crippen molar-refractivity contribution in [2.45, 2.75) is 69.7 Å². The van der Waals surface area contributed by atoms with Crippen LogP contribution in [-0.4, -0.2) is 41.7 Å². The molecular weight excluding hydrogens is 484 g/mol. The standard InChI is InChI=1S/C31H34O7/c1-35-26-16-25-23(22-10-8-17-12-19(32)9-11-21(17)29(22)26)15-24(33)31(38-25)18-13-27(36-2)30(34)28(14-18)37-20-6-4-3-5-7-20/h9,11-14,16,20,24,31-34H,3-8,10,15H2,1-2H3. The van der Waals surface area contributed by atoms with E-state index in [2.05, 4.69) is 0 Å². The Morgan fingerprint density at radius 1 is 0.842 bits per heavy atom. The van der Waals surface area contributed by atoms with E-state index in [1.165, 1.54) is 13.5 Å². The Balaban J connectivity index is 1.38. The van der Waals surface area contributed by atoms with E-state index < -0.39 is 12.2 Å². The van der Waals surface area contributed by atoms with Gasteiger partial charge in [-0.3, -0.25) is 0 Å². The van der Waals surface area contributed by atoms with Gasteiger partial charge in [-0.2, -0.15) is 0 Å². The summed E-state index contributed by atoms with van der Waals surface area (Å²) >= 11 is 0. The summed E-state index contributed by atoms with van der Waals surface area (Å²) in [6.45, 7) is 0. The molecule has 0 spiro atoms. The average Bonchev–Trinajstić information content (AvgIpc) is 2.93. The van der Waals surface area contributed by atoms with Gasteiger partial charge < -0.3 is 34.3 Å². The van der Waals surface area contributed by atoms with Gasteiger partial charge in [0, 0.05) is 29.2 Å². The Morgan fingerprint density at radius 3 is 2.37 bits per heavy atom. The molecule has 0 aromatic heterocycles. The van der Waals surface area contributed by atoms with Crippen molar-refractivity contribution in [2.24, 2.45) is 0 Å². The summed E-state index contributed by atoms with van der Waals surface area (Å²) in [6, 6.07) is 10.8. The number of aliphatic hydroxyl groups is 1. The van der Waals surface area contributed by atoms with Crippen LogP contribution in [0.5, 0.6) is 34.5 Å². The molecule has 0 bridgehead atoms. The van der Waals surface area contributed by atoms with Crippen molar-refractivity contribution < 1.29 is 34.3 Å². The number of hydrogen-bond donors (Lipinski definition) is 3. The van der Waals surface area contributed by atoms with Gasteiger partial charge in [-0.25, -0.2) is 0 Å². The van der Waals surface area contributed by atoms with Crippen LogP contribution in [0.15, 0.2) is 36.4 Å². The zero-order valence-electron chi connectivity index (χ0n) is 21.8. The highest BCUT2D eigenvalue weighted by atomic mass is 16.5. The fourth-order valence-corrected chi connectivity index (χ4v) is 6.27. The third-order valence-electron chi connectivity index (χ3n) is 8.17. The third kappa shape index (κ3) is 4.29. The van der Waals surface area contributed by atoms with Crippen molar-refractivity contribution in [1.29, 1.82) is 0 Å². The second-order valence-corrected chi connectivity index (χ2v) is 10.5. The molecule has 0 radical (unpaired) electrons. The number of aliphatic hydroxyl groups excluding tert-OH is 1. The predicted octanol–water partition coefficient (Wildman–Crippen LogP) is 5.63. The van der Waals surface area contributed by atoms with Gasteiger partial charge in [0.05, 0.1) is 26.4 Å². The molecule has 1 aliphatic heterocycles. The molecule has 3 aliphatic rings. The molecule has 1 saturated carbocycles. The fraction of sp³-hybridized carbons (Fsp3) is 0.419. The highest BCUT2D eigenvalue weighted by Gasteiger charge is 2.36. The minimum Gasteiger partial charge on any atom is -0.508 e. The number of benzene rings is 3. The van der Waals surface area contributed by atoms with Crippen LogP contribution in [0.3, 0.4) is 0 Å². The van der Waals surface area contributed by atoms with Gasteiger partial charge >= 0.3 is 0 Å². The van der Waals surface area contributed by atoms with E-state index in [1.807, 2.05) is 18.2 Å². The maximum absolute atomic E-state index is 11.3. The first kappa shape index (κ1) is 24.7. The van der Waals surface area contributed by atoms with Gasteiger partial charge in [0.25, 0.3) is 0 Å². The summed E-state index contributed by atoms with van der Waals surface area (Å²) < 4.78 is 23.9. The molecule has 1 fully saturated rings. The summed E-state index contributed by atoms with van der Waals surface area (Å²) in [7, 11) is 3.15. The zero-order valence-corrected chi connectivity index (χ0v) is 21.8. The quantitative estimate of drug-likeness (QED) is 0.403. The minimum absolute atomic E-state index is 0.0343. The third-order valence-corrected chi connectivity index (χ3v) is 8.17. The smallest absolute Gasteiger partial charge is 0.200 e. The largest absolute Gasteiger partial charge is 0.508 e. The highest BCUT2D eigenvalue weighted by Crippen LogP contribution is 2.50. The summed E-state index contributed by atoms with van der Waals surface area (Å²) in [5, 5.41) is 32.1. The van der Waals surface area contributed by atoms with Crippen LogP contribution in [0, 0.1) is 0 Å². The number of rotatable bonds is 5. The Kier molecular flexibility index (Phi) is 6.48. The maximum Gasteiger partial charge on any atom is 0.200 e. The lowest BCUT2D eigenvalue weighted by Gasteiger charge is -2.35. The molecule has 2 unspecified atom stereocenters. The molecule has 3 aromatic rings. The first-order valence-electron chi connectivity index (χ1n) is 13.4. The highest BCUT2D eigenvalue weighted by molar-refractivity contribution is 5.82. The molecule has 2 atom stereocenters. The van der Waals surface area contributed by atoms with E-state index in [1.54, 1.807) is 25.3 Å². The molecule has 2 aliphatic carbocycles. The molecule has 1 heterocycles. The second-order valence-electron chi connectivity index (χ2n) is 10.5. The number of hydrogen-bond acceptors (Lipinski definition) is 7. The number of ether oxygens (including phenoxy) is 4. The van der Waals surface area contributed by atoms with Crippen LogP contribution >= 0.6 is 0 Å². The summed E-state index contributed by atoms with van der Waals surface area (Å²) in [4.78, 5) is 0. The molecule has 3 aromatic carbocycles. The SMILES string of the molecule is COc1cc(C2Oc3cc(OC)c4c(c3CC2O)CCc2cc(O)ccc2-4)cc(OC2CCCCC2)c1O. The van der Waals surface area contributed by atoms with Gasteiger partial charge in [0.2, 0.25) is 5.75 Å². The summed E-state index contributed by atoms with van der Waals surface area (Å²) in [5.41, 5.74) is 5.88. The lowest BCUT2D eigenvalue weighted by molar-refractivity contribution is 0.0199. The number of phenolic OH excluding ortho intramolecular Hbond substituents is 2. The van der Waals surface area contributed by atoms with Crippen molar-refractivity contribution in [3.05, 3.63) is 58.7 Å². The summed E-state index contributed by atoms with van der Waals surface area (Å²) in [5.74, 6) is 2.24. The molecule has 0 amide bonds. The lowest BCUT2D eigenvalue weighted by atomic mass is 9.80. The van der Waals surface area contributed by atoms with Crippen molar-refractivity contribution >= 4 is 0 Å². The van der Waals surface area contributed by atoms with Gasteiger partial charge in [0.1, 0.15) is 17.2 Å². The van der Waals surface area contributed by atoms with Crippen LogP contribution in [0.4, 0.5) is 0 Å². The van der Waals surface area contributed by atoms with Crippen LogP contribution in [0.25, 0.3) is 11.1 Å². The topological polar surface area (TPSA) is 97.6 Å². The van der Waals surface area contributed by atoms with Gasteiger partial charge in [-0.15, -0.1) is 0 Å². The van der Waals surface area contributed by atoms with E-state index >= 15 is 0 Å². The van der Waals surface area contributed by atoms with Gasteiger partial charge in [-0.05, 0) is 79.5 Å². The first-order valence-corrected chi connectivity index (χ1v) is 13.4. The van der Waals surface area contributed by atoms with Crippen molar-refractivity contribution in [2.75, 3.05) is 14.2 Å². The van der Waals surface area contributed by atoms with Crippen molar-refractivity contribution in [3.63, 3.8) is 0 Å². The Morgan fingerprint density at radius 2 is 1.61 bits per heavy atom. The zero-order chi connectivity index (χ0) is 26.4. The van der Waals surface area contributed by atoms with Crippen LogP contribution < -0.4 is 18.9 Å². The molecule has 3 N–H and O–H groups in total. The summed E-state index contributed by atoms with van der Waals surface area (Å²) in [6.07, 6.45) is 5.88. The van der Waals surface area contributed by atoms with Gasteiger partial charge in [-0.1, -0.05) is 12.5 Å². The van der Waals surface area contributed by atoms with Crippen LogP contribution in [0.1, 0.15) is 60.5 Å². The molecule has 7 heteroatoms. The second kappa shape index (κ2) is 9.95. The van der Waals surface area contributed by atoms with Crippen LogP contribution in [0.2, 0.25) is 0 Å². The van der Waals surface area contributed by atoms with E-state index in [0.717, 1.165) is 66.3 Å². The maximum atomic E-state index is 11.3. The average molecular weight is 519 g/mol. The molecule has 200 valence electrons. The first-order chi connectivity index (χ1) is 18.5. The molecule has 7 nitrogen and oxygen atoms in total. The predicted molar refractivity (Wildman–Crippen MR) is 143 cm³/mol. The molecule has 0 saturated heterocycles. The minimum atomic E-state index is -0.807. The van der Waals surface area contributed by atoms with E-state index in [9.17, 15) is 15.3 Å². The normalized spacial score (nSPS) is 20.5. The number of phenols is 2. The van der Waals surface area contributed by atoms with Crippen LogP contribution in [-0.2, 0) is 19.3 Å². The Hall–Kier alpha value is -3.58. The lowest BCUT2D eigenvalue weighted by Crippen LogP contribution is -2.31. The monoisotopic (exact) mass is 518 g/mol. The van der Waals surface area contributed by atoms with E-state index in [4.69, 9.17) is 18.9 Å². The van der Waals surface area contributed by atoms with E-state index in [-0.39, 0.29) is 23.4 Å². The van der Waals surface area contributed by atoms with Crippen molar-refractivity contribution in [3.8, 4) is 45.6 Å². The number of fused-ring (bicyclic) bond motifs is 5. The number of aromatic hydroxyl groups is 2. The Labute approximate surface area is 222 Å². The van der Waals surface area contributed by atoms with E-state index in [0.29, 0.717) is 29.2 Å². The van der Waals surface area contributed by atoms with Gasteiger partial charge in [0.15, 0.2) is 17.6 Å². The molecule has 6 rings (SSSR count). The Bertz CT molecular complexity index is 1360. The number of aryl methyl sites for hydroxylation is 1. The number of methoxy groups -OCH3 is 2. The molecular formula is C31H34O7. The van der Waals surface area contributed by atoms with Crippen molar-refractivity contribution in [1.82, 2.24) is 0 Å². The fourth-order valence-electron chi connectivity index (χ4n) is 6.27. The molecule has 38 heavy (non-hydrogen) atoms.